The lowest BCUT2D eigenvalue weighted by atomic mass is 9.49. The average Bonchev–Trinajstić information content (AvgIpc) is 3.47. The van der Waals surface area contributed by atoms with Gasteiger partial charge in [0, 0.05) is 17.5 Å². The van der Waals surface area contributed by atoms with Gasteiger partial charge in [-0.2, -0.15) is 5.01 Å². The number of benzene rings is 3. The number of phenols is 1. The number of allylic oxidation sites excluding steroid dienone is 2. The third kappa shape index (κ3) is 5.03. The monoisotopic (exact) mass is 781 g/mol. The topological polar surface area (TPSA) is 125 Å². The second-order valence-electron chi connectivity index (χ2n) is 13.1. The third-order valence-corrected chi connectivity index (χ3v) is 11.9. The first kappa shape index (κ1) is 34.4. The Morgan fingerprint density at radius 3 is 2.36 bits per heavy atom. The van der Waals surface area contributed by atoms with Crippen molar-refractivity contribution in [2.24, 2.45) is 23.7 Å². The number of halogens is 3. The SMILES string of the molecule is CCCN1C(=O)C2CC=C3C(CC4C(=O)N(Nc5ccc(Cl)cc5Cl)C(=O)C4(c4ccc(OC)cc4)C3c3cc(Br)c(O)c(OC)c3)C2C1=O. The van der Waals surface area contributed by atoms with Crippen LogP contribution in [0.1, 0.15) is 43.2 Å². The molecular formula is C37H34BrCl2N3O7. The molecule has 3 aromatic rings. The summed E-state index contributed by atoms with van der Waals surface area (Å²) in [4.78, 5) is 59.2. The fourth-order valence-corrected chi connectivity index (χ4v) is 9.55. The Kier molecular flexibility index (Phi) is 8.89. The van der Waals surface area contributed by atoms with Crippen LogP contribution in [0.15, 0.2) is 70.7 Å². The molecule has 4 aliphatic rings. The number of anilines is 1. The molecule has 2 saturated heterocycles. The van der Waals surface area contributed by atoms with Crippen LogP contribution < -0.4 is 14.9 Å². The van der Waals surface area contributed by atoms with Gasteiger partial charge in [0.05, 0.1) is 52.6 Å². The second-order valence-corrected chi connectivity index (χ2v) is 14.8. The molecule has 2 aliphatic carbocycles. The van der Waals surface area contributed by atoms with Crippen LogP contribution in [0.25, 0.3) is 0 Å². The highest BCUT2D eigenvalue weighted by Gasteiger charge is 2.70. The van der Waals surface area contributed by atoms with Crippen LogP contribution in [-0.4, -0.2) is 59.4 Å². The van der Waals surface area contributed by atoms with E-state index in [-0.39, 0.29) is 34.8 Å². The van der Waals surface area contributed by atoms with Gasteiger partial charge in [-0.05, 0) is 94.7 Å². The molecule has 10 nitrogen and oxygen atoms in total. The number of carbonyl (C=O) groups excluding carboxylic acids is 4. The molecule has 260 valence electrons. The number of phenolic OH excluding ortho intramolecular Hbond substituents is 1. The fourth-order valence-electron chi connectivity index (χ4n) is 8.64. The molecule has 2 N–H and O–H groups in total. The third-order valence-electron chi connectivity index (χ3n) is 10.7. The van der Waals surface area contributed by atoms with Gasteiger partial charge in [0.25, 0.3) is 11.8 Å². The number of hydrogen-bond donors (Lipinski definition) is 2. The molecule has 13 heteroatoms. The van der Waals surface area contributed by atoms with Gasteiger partial charge in [0.1, 0.15) is 5.75 Å². The number of nitrogens with one attached hydrogen (secondary N) is 1. The lowest BCUT2D eigenvalue weighted by Crippen LogP contribution is -2.53. The van der Waals surface area contributed by atoms with Gasteiger partial charge >= 0.3 is 0 Å². The van der Waals surface area contributed by atoms with Crippen molar-refractivity contribution in [3.8, 4) is 17.2 Å². The molecule has 2 aliphatic heterocycles. The van der Waals surface area contributed by atoms with E-state index in [0.29, 0.717) is 51.4 Å². The van der Waals surface area contributed by atoms with Crippen molar-refractivity contribution in [2.45, 2.75) is 37.5 Å². The summed E-state index contributed by atoms with van der Waals surface area (Å²) < 4.78 is 11.3. The first-order chi connectivity index (χ1) is 24.0. The van der Waals surface area contributed by atoms with E-state index in [4.69, 9.17) is 32.7 Å². The Morgan fingerprint density at radius 2 is 1.70 bits per heavy atom. The minimum absolute atomic E-state index is 0.127. The van der Waals surface area contributed by atoms with E-state index in [9.17, 15) is 19.5 Å². The van der Waals surface area contributed by atoms with Crippen LogP contribution in [0.2, 0.25) is 10.0 Å². The van der Waals surface area contributed by atoms with Gasteiger partial charge in [-0.3, -0.25) is 29.5 Å². The Labute approximate surface area is 307 Å². The number of imide groups is 2. The van der Waals surface area contributed by atoms with E-state index in [1.165, 1.54) is 18.1 Å². The summed E-state index contributed by atoms with van der Waals surface area (Å²) in [6, 6.07) is 15.1. The Morgan fingerprint density at radius 1 is 0.960 bits per heavy atom. The Balaban J connectivity index is 1.49. The summed E-state index contributed by atoms with van der Waals surface area (Å²) in [5.74, 6) is -4.47. The second kappa shape index (κ2) is 12.9. The molecule has 4 amide bonds. The maximum absolute atomic E-state index is 15.3. The molecule has 0 radical (unpaired) electrons. The van der Waals surface area contributed by atoms with E-state index in [2.05, 4.69) is 21.4 Å². The largest absolute Gasteiger partial charge is 0.503 e. The molecule has 0 aromatic heterocycles. The van der Waals surface area contributed by atoms with Crippen LogP contribution in [-0.2, 0) is 24.6 Å². The van der Waals surface area contributed by atoms with Crippen molar-refractivity contribution in [2.75, 3.05) is 26.2 Å². The molecule has 0 spiro atoms. The predicted molar refractivity (Wildman–Crippen MR) is 190 cm³/mol. The highest BCUT2D eigenvalue weighted by atomic mass is 79.9. The minimum Gasteiger partial charge on any atom is -0.503 e. The van der Waals surface area contributed by atoms with E-state index < -0.39 is 46.8 Å². The molecular weight excluding hydrogens is 749 g/mol. The molecule has 0 bridgehead atoms. The molecule has 3 aromatic carbocycles. The summed E-state index contributed by atoms with van der Waals surface area (Å²) in [5.41, 5.74) is 3.67. The lowest BCUT2D eigenvalue weighted by Gasteiger charge is -2.50. The van der Waals surface area contributed by atoms with Gasteiger partial charge in [-0.15, -0.1) is 0 Å². The van der Waals surface area contributed by atoms with Gasteiger partial charge in [-0.1, -0.05) is 53.9 Å². The van der Waals surface area contributed by atoms with Crippen molar-refractivity contribution < 1.29 is 33.8 Å². The molecule has 6 unspecified atom stereocenters. The van der Waals surface area contributed by atoms with E-state index in [1.54, 1.807) is 55.6 Å². The number of aromatic hydroxyl groups is 1. The lowest BCUT2D eigenvalue weighted by molar-refractivity contribution is -0.141. The van der Waals surface area contributed by atoms with Gasteiger partial charge < -0.3 is 14.6 Å². The number of hydrogen-bond acceptors (Lipinski definition) is 8. The molecule has 2 heterocycles. The van der Waals surface area contributed by atoms with Gasteiger partial charge in [0.2, 0.25) is 11.8 Å². The number of likely N-dealkylation sites (tertiary alicyclic amines) is 1. The van der Waals surface area contributed by atoms with Crippen LogP contribution in [0.5, 0.6) is 17.2 Å². The first-order valence-electron chi connectivity index (χ1n) is 16.3. The van der Waals surface area contributed by atoms with E-state index in [0.717, 1.165) is 10.6 Å². The Bertz CT molecular complexity index is 1970. The zero-order valence-electron chi connectivity index (χ0n) is 27.4. The number of methoxy groups -OCH3 is 2. The summed E-state index contributed by atoms with van der Waals surface area (Å²) in [5, 5.41) is 12.5. The van der Waals surface area contributed by atoms with E-state index in [1.807, 2.05) is 13.0 Å². The summed E-state index contributed by atoms with van der Waals surface area (Å²) >= 11 is 16.2. The maximum Gasteiger partial charge on any atom is 0.260 e. The smallest absolute Gasteiger partial charge is 0.260 e. The first-order valence-corrected chi connectivity index (χ1v) is 17.9. The quantitative estimate of drug-likeness (QED) is 0.187. The van der Waals surface area contributed by atoms with Crippen LogP contribution in [0.3, 0.4) is 0 Å². The number of fused-ring (bicyclic) bond motifs is 4. The number of hydrazine groups is 1. The number of rotatable bonds is 8. The highest BCUT2D eigenvalue weighted by molar-refractivity contribution is 9.10. The van der Waals surface area contributed by atoms with Gasteiger partial charge in [0.15, 0.2) is 11.5 Å². The van der Waals surface area contributed by atoms with Crippen molar-refractivity contribution >= 4 is 68.4 Å². The predicted octanol–water partition coefficient (Wildman–Crippen LogP) is 6.87. The number of ether oxygens (including phenoxy) is 2. The van der Waals surface area contributed by atoms with Crippen LogP contribution in [0, 0.1) is 23.7 Å². The molecule has 3 fully saturated rings. The minimum atomic E-state index is -1.54. The zero-order valence-corrected chi connectivity index (χ0v) is 30.5. The number of nitrogens with zero attached hydrogens (tertiary/aromatic N) is 2. The number of amides is 4. The molecule has 1 saturated carbocycles. The molecule has 50 heavy (non-hydrogen) atoms. The number of carbonyl (C=O) groups is 4. The molecule has 7 rings (SSSR count). The summed E-state index contributed by atoms with van der Waals surface area (Å²) in [7, 11) is 2.97. The Hall–Kier alpha value is -4.06. The van der Waals surface area contributed by atoms with Crippen molar-refractivity contribution in [1.29, 1.82) is 0 Å². The van der Waals surface area contributed by atoms with Crippen LogP contribution in [0.4, 0.5) is 5.69 Å². The standard InChI is InChI=1S/C37H34BrCl2N3O7/c1-4-13-42-33(45)23-11-10-22-24(30(23)35(42)47)17-25-34(46)43(41-28-12-7-20(39)16-27(28)40)36(48)37(25,19-5-8-21(49-2)9-6-19)31(22)18-14-26(38)32(44)29(15-18)50-3/h5-10,12,14-16,23-25,30-31,41,44H,4,11,13,17H2,1-3H3. The van der Waals surface area contributed by atoms with Crippen molar-refractivity contribution in [3.05, 3.63) is 91.9 Å². The highest BCUT2D eigenvalue weighted by Crippen LogP contribution is 2.64. The summed E-state index contributed by atoms with van der Waals surface area (Å²) in [6.07, 6.45) is 3.05. The fraction of sp³-hybridized carbons (Fsp3) is 0.351. The maximum atomic E-state index is 15.3. The summed E-state index contributed by atoms with van der Waals surface area (Å²) in [6.45, 7) is 2.23. The van der Waals surface area contributed by atoms with Crippen molar-refractivity contribution in [1.82, 2.24) is 9.91 Å². The van der Waals surface area contributed by atoms with E-state index >= 15 is 4.79 Å². The van der Waals surface area contributed by atoms with Gasteiger partial charge in [-0.25, -0.2) is 0 Å². The van der Waals surface area contributed by atoms with Crippen molar-refractivity contribution in [3.63, 3.8) is 0 Å². The van der Waals surface area contributed by atoms with Crippen LogP contribution >= 0.6 is 39.1 Å². The molecule has 6 atom stereocenters. The average molecular weight is 784 g/mol. The normalized spacial score (nSPS) is 27.2. The zero-order chi connectivity index (χ0) is 35.6.